The Morgan fingerprint density at radius 3 is 2.66 bits per heavy atom. The number of hydroxylamine groups is 1. The Balaban J connectivity index is 1.36. The van der Waals surface area contributed by atoms with Crippen molar-refractivity contribution in [1.29, 1.82) is 0 Å². The van der Waals surface area contributed by atoms with E-state index >= 15 is 0 Å². The minimum atomic E-state index is -0.643. The van der Waals surface area contributed by atoms with Gasteiger partial charge in [0.2, 0.25) is 0 Å². The number of fused-ring (bicyclic) bond motifs is 1. The van der Waals surface area contributed by atoms with E-state index in [0.717, 1.165) is 24.8 Å². The van der Waals surface area contributed by atoms with Crippen molar-refractivity contribution in [3.05, 3.63) is 35.4 Å². The fourth-order valence-corrected chi connectivity index (χ4v) is 4.45. The second kappa shape index (κ2) is 10.4. The highest BCUT2D eigenvalue weighted by molar-refractivity contribution is 6.01. The van der Waals surface area contributed by atoms with E-state index in [4.69, 9.17) is 19.0 Å². The second-order valence-electron chi connectivity index (χ2n) is 10.3. The first kappa shape index (κ1) is 25.2. The molecule has 1 aromatic rings. The average Bonchev–Trinajstić information content (AvgIpc) is 2.81. The van der Waals surface area contributed by atoms with Gasteiger partial charge in [-0.25, -0.2) is 15.1 Å². The maximum absolute atomic E-state index is 12.9. The SMILES string of the molecule is CC(C)(C)OC(=O)N1CCC2(CC1)CC(=O)c1ccc(/C=C/C(=O)NOC3CCCCO3)cc1O2. The first-order chi connectivity index (χ1) is 16.6. The van der Waals surface area contributed by atoms with Crippen LogP contribution in [0.25, 0.3) is 6.08 Å². The van der Waals surface area contributed by atoms with E-state index in [9.17, 15) is 14.4 Å². The first-order valence-corrected chi connectivity index (χ1v) is 12.2. The van der Waals surface area contributed by atoms with Crippen molar-refractivity contribution in [2.24, 2.45) is 0 Å². The molecule has 3 heterocycles. The van der Waals surface area contributed by atoms with Gasteiger partial charge in [-0.1, -0.05) is 6.07 Å². The number of rotatable bonds is 4. The fraction of sp³-hybridized carbons (Fsp3) is 0.577. The van der Waals surface area contributed by atoms with Crippen LogP contribution in [0.4, 0.5) is 4.79 Å². The van der Waals surface area contributed by atoms with Crippen molar-refractivity contribution in [2.45, 2.75) is 76.8 Å². The molecule has 1 unspecified atom stereocenters. The number of Topliss-reactive ketones (excluding diaryl/α,β-unsaturated/α-hetero) is 1. The van der Waals surface area contributed by atoms with E-state index < -0.39 is 23.4 Å². The molecule has 0 saturated carbocycles. The normalized spacial score (nSPS) is 22.0. The van der Waals surface area contributed by atoms with Crippen molar-refractivity contribution in [3.63, 3.8) is 0 Å². The van der Waals surface area contributed by atoms with Gasteiger partial charge >= 0.3 is 6.09 Å². The summed E-state index contributed by atoms with van der Waals surface area (Å²) >= 11 is 0. The maximum atomic E-state index is 12.9. The zero-order chi connectivity index (χ0) is 25.1. The van der Waals surface area contributed by atoms with E-state index in [-0.39, 0.29) is 18.3 Å². The molecule has 1 aromatic carbocycles. The Bertz CT molecular complexity index is 984. The molecule has 2 fully saturated rings. The van der Waals surface area contributed by atoms with Gasteiger partial charge in [-0.05, 0) is 57.4 Å². The van der Waals surface area contributed by atoms with Gasteiger partial charge in [0.1, 0.15) is 17.0 Å². The number of benzene rings is 1. The molecule has 0 aromatic heterocycles. The summed E-state index contributed by atoms with van der Waals surface area (Å²) in [6.45, 7) is 7.06. The molecule has 1 atom stereocenters. The number of amides is 2. The topological polar surface area (TPSA) is 103 Å². The number of carbonyl (C=O) groups is 3. The lowest BCUT2D eigenvalue weighted by atomic mass is 9.82. The summed E-state index contributed by atoms with van der Waals surface area (Å²) in [4.78, 5) is 44.3. The van der Waals surface area contributed by atoms with Gasteiger partial charge < -0.3 is 19.1 Å². The molecular formula is C26H34N2O7. The summed E-state index contributed by atoms with van der Waals surface area (Å²) in [5, 5.41) is 0. The van der Waals surface area contributed by atoms with Crippen LogP contribution in [0.5, 0.6) is 5.75 Å². The quantitative estimate of drug-likeness (QED) is 0.507. The minimum Gasteiger partial charge on any atom is -0.486 e. The van der Waals surface area contributed by atoms with E-state index in [2.05, 4.69) is 5.48 Å². The van der Waals surface area contributed by atoms with Crippen LogP contribution in [0.1, 0.15) is 75.2 Å². The first-order valence-electron chi connectivity index (χ1n) is 12.2. The second-order valence-corrected chi connectivity index (χ2v) is 10.3. The van der Waals surface area contributed by atoms with E-state index in [1.165, 1.54) is 6.08 Å². The van der Waals surface area contributed by atoms with Gasteiger partial charge in [0.15, 0.2) is 12.1 Å². The maximum Gasteiger partial charge on any atom is 0.410 e. The van der Waals surface area contributed by atoms with Gasteiger partial charge in [-0.3, -0.25) is 9.59 Å². The molecule has 190 valence electrons. The third-order valence-electron chi connectivity index (χ3n) is 6.30. The third kappa shape index (κ3) is 6.61. The van der Waals surface area contributed by atoms with Crippen molar-refractivity contribution in [1.82, 2.24) is 10.4 Å². The van der Waals surface area contributed by atoms with Crippen LogP contribution in [0.3, 0.4) is 0 Å². The predicted octanol–water partition coefficient (Wildman–Crippen LogP) is 4.01. The van der Waals surface area contributed by atoms with E-state index in [1.807, 2.05) is 20.8 Å². The third-order valence-corrected chi connectivity index (χ3v) is 6.30. The summed E-state index contributed by atoms with van der Waals surface area (Å²) in [6.07, 6.45) is 6.36. The van der Waals surface area contributed by atoms with Crippen molar-refractivity contribution in [3.8, 4) is 5.75 Å². The lowest BCUT2D eigenvalue weighted by molar-refractivity contribution is -0.198. The van der Waals surface area contributed by atoms with Crippen LogP contribution in [0.2, 0.25) is 0 Å². The van der Waals surface area contributed by atoms with Gasteiger partial charge in [-0.15, -0.1) is 0 Å². The van der Waals surface area contributed by atoms with Gasteiger partial charge in [0.25, 0.3) is 5.91 Å². The number of likely N-dealkylation sites (tertiary alicyclic amines) is 1. The number of ether oxygens (including phenoxy) is 3. The largest absolute Gasteiger partial charge is 0.486 e. The number of hydrogen-bond donors (Lipinski definition) is 1. The number of ketones is 1. The summed E-state index contributed by atoms with van der Waals surface area (Å²) in [5.74, 6) is 0.118. The number of carbonyl (C=O) groups excluding carboxylic acids is 3. The minimum absolute atomic E-state index is 0.0196. The zero-order valence-corrected chi connectivity index (χ0v) is 20.6. The van der Waals surface area contributed by atoms with Gasteiger partial charge in [0, 0.05) is 45.0 Å². The van der Waals surface area contributed by atoms with E-state index in [1.54, 1.807) is 29.2 Å². The van der Waals surface area contributed by atoms with Crippen LogP contribution < -0.4 is 10.2 Å². The molecule has 3 aliphatic heterocycles. The molecule has 0 bridgehead atoms. The molecular weight excluding hydrogens is 452 g/mol. The summed E-state index contributed by atoms with van der Waals surface area (Å²) in [6, 6.07) is 5.27. The van der Waals surface area contributed by atoms with E-state index in [0.29, 0.717) is 43.9 Å². The summed E-state index contributed by atoms with van der Waals surface area (Å²) < 4.78 is 17.2. The summed E-state index contributed by atoms with van der Waals surface area (Å²) in [5.41, 5.74) is 2.45. The Morgan fingerprint density at radius 2 is 1.97 bits per heavy atom. The Morgan fingerprint density at radius 1 is 1.20 bits per heavy atom. The number of piperidine rings is 1. The molecule has 35 heavy (non-hydrogen) atoms. The highest BCUT2D eigenvalue weighted by atomic mass is 16.8. The Labute approximate surface area is 205 Å². The molecule has 3 aliphatic rings. The molecule has 9 nitrogen and oxygen atoms in total. The molecule has 0 radical (unpaired) electrons. The molecule has 1 spiro atoms. The smallest absolute Gasteiger partial charge is 0.410 e. The number of nitrogens with zero attached hydrogens (tertiary/aromatic N) is 1. The van der Waals surface area contributed by atoms with Crippen LogP contribution >= 0.6 is 0 Å². The van der Waals surface area contributed by atoms with Crippen LogP contribution in [0.15, 0.2) is 24.3 Å². The molecule has 0 aliphatic carbocycles. The molecule has 2 amide bonds. The molecule has 2 saturated heterocycles. The number of nitrogens with one attached hydrogen (secondary N) is 1. The molecule has 1 N–H and O–H groups in total. The van der Waals surface area contributed by atoms with Crippen LogP contribution in [-0.2, 0) is 19.1 Å². The Kier molecular flexibility index (Phi) is 7.47. The zero-order valence-electron chi connectivity index (χ0n) is 20.6. The van der Waals surface area contributed by atoms with Gasteiger partial charge in [0.05, 0.1) is 12.0 Å². The molecule has 4 rings (SSSR count). The highest BCUT2D eigenvalue weighted by Gasteiger charge is 2.44. The van der Waals surface area contributed by atoms with Crippen molar-refractivity contribution >= 4 is 23.9 Å². The average molecular weight is 487 g/mol. The van der Waals surface area contributed by atoms with Crippen molar-refractivity contribution < 1.29 is 33.4 Å². The van der Waals surface area contributed by atoms with Crippen LogP contribution in [0, 0.1) is 0 Å². The fourth-order valence-electron chi connectivity index (χ4n) is 4.45. The summed E-state index contributed by atoms with van der Waals surface area (Å²) in [7, 11) is 0. The highest BCUT2D eigenvalue weighted by Crippen LogP contribution is 2.40. The number of hydrogen-bond acceptors (Lipinski definition) is 7. The lowest BCUT2D eigenvalue weighted by Crippen LogP contribution is -2.53. The lowest BCUT2D eigenvalue weighted by Gasteiger charge is -2.44. The van der Waals surface area contributed by atoms with Crippen molar-refractivity contribution in [2.75, 3.05) is 19.7 Å². The van der Waals surface area contributed by atoms with Crippen LogP contribution in [-0.4, -0.2) is 59.9 Å². The predicted molar refractivity (Wildman–Crippen MR) is 128 cm³/mol. The monoisotopic (exact) mass is 486 g/mol. The Hall–Kier alpha value is -2.91. The standard InChI is InChI=1S/C26H34N2O7/c1-25(2,3)34-24(31)28-13-11-26(12-14-28)17-20(29)19-9-7-18(16-21(19)33-26)8-10-22(30)27-35-23-6-4-5-15-32-23/h7-10,16,23H,4-6,11-15,17H2,1-3H3,(H,27,30)/b10-8+. The molecule has 9 heteroatoms. The van der Waals surface area contributed by atoms with Gasteiger partial charge in [-0.2, -0.15) is 0 Å².